The first kappa shape index (κ1) is 22.6. The van der Waals surface area contributed by atoms with Crippen LogP contribution in [0.15, 0.2) is 70.5 Å². The van der Waals surface area contributed by atoms with Gasteiger partial charge in [-0.2, -0.15) is 0 Å². The minimum absolute atomic E-state index is 0.0496. The number of imidazole rings is 1. The summed E-state index contributed by atoms with van der Waals surface area (Å²) in [5.41, 5.74) is -0.246. The van der Waals surface area contributed by atoms with Crippen molar-refractivity contribution >= 4 is 28.7 Å². The monoisotopic (exact) mass is 465 g/mol. The molecule has 0 aliphatic heterocycles. The summed E-state index contributed by atoms with van der Waals surface area (Å²) in [7, 11) is 2.79. The van der Waals surface area contributed by atoms with Crippen molar-refractivity contribution in [1.29, 1.82) is 0 Å². The number of fused-ring (bicyclic) bond motifs is 1. The highest BCUT2D eigenvalue weighted by Crippen LogP contribution is 2.21. The molecule has 4 aromatic rings. The van der Waals surface area contributed by atoms with Gasteiger partial charge in [0.15, 0.2) is 11.2 Å². The fourth-order valence-electron chi connectivity index (χ4n) is 3.47. The number of hydrogen-bond acceptors (Lipinski definition) is 6. The van der Waals surface area contributed by atoms with Gasteiger partial charge in [0.2, 0.25) is 6.10 Å². The quantitative estimate of drug-likeness (QED) is 0.431. The summed E-state index contributed by atoms with van der Waals surface area (Å²) in [6.45, 7) is -0.420. The first-order valence-electron chi connectivity index (χ1n) is 10.2. The summed E-state index contributed by atoms with van der Waals surface area (Å²) < 4.78 is 22.0. The molecule has 2 aromatic heterocycles. The highest BCUT2D eigenvalue weighted by atomic mass is 19.1. The Hall–Kier alpha value is -4.54. The molecule has 1 amide bonds. The maximum absolute atomic E-state index is 13.2. The summed E-state index contributed by atoms with van der Waals surface area (Å²) >= 11 is 0. The number of hydrogen-bond donors (Lipinski definition) is 1. The molecule has 0 aliphatic carbocycles. The van der Waals surface area contributed by atoms with Crippen molar-refractivity contribution in [3.05, 3.63) is 93.1 Å². The van der Waals surface area contributed by atoms with Crippen LogP contribution in [0.1, 0.15) is 11.7 Å². The molecular formula is C23H20FN5O5. The minimum Gasteiger partial charge on any atom is -0.446 e. The zero-order valence-corrected chi connectivity index (χ0v) is 18.3. The van der Waals surface area contributed by atoms with Crippen molar-refractivity contribution in [2.45, 2.75) is 12.6 Å². The summed E-state index contributed by atoms with van der Waals surface area (Å²) in [6, 6.07) is 13.5. The smallest absolute Gasteiger partial charge is 0.332 e. The largest absolute Gasteiger partial charge is 0.446 e. The van der Waals surface area contributed by atoms with E-state index in [1.165, 1.54) is 53.8 Å². The molecule has 0 fully saturated rings. The van der Waals surface area contributed by atoms with Crippen LogP contribution in [-0.2, 0) is 35.0 Å². The number of aryl methyl sites for hydroxylation is 1. The number of anilines is 1. The normalized spacial score (nSPS) is 11.9. The Morgan fingerprint density at radius 3 is 2.38 bits per heavy atom. The highest BCUT2D eigenvalue weighted by molar-refractivity contribution is 5.96. The fourth-order valence-corrected chi connectivity index (χ4v) is 3.47. The van der Waals surface area contributed by atoms with Gasteiger partial charge in [0.05, 0.1) is 6.33 Å². The van der Waals surface area contributed by atoms with Gasteiger partial charge in [0, 0.05) is 25.3 Å². The molecule has 0 radical (unpaired) electrons. The summed E-state index contributed by atoms with van der Waals surface area (Å²) in [5, 5.41) is 2.60. The van der Waals surface area contributed by atoms with Crippen molar-refractivity contribution in [2.24, 2.45) is 14.1 Å². The van der Waals surface area contributed by atoms with Gasteiger partial charge in [-0.3, -0.25) is 23.5 Å². The summed E-state index contributed by atoms with van der Waals surface area (Å²) in [6.07, 6.45) is -0.0520. The standard InChI is InChI=1S/C23H20FN5O5/c1-27-20-18(22(32)28(2)23(27)33)29(13-25-20)12-17(30)34-19(14-6-4-3-5-7-14)21(31)26-16-10-8-15(24)9-11-16/h3-11,13,19H,12H2,1-2H3,(H,26,31). The van der Waals surface area contributed by atoms with E-state index in [2.05, 4.69) is 10.3 Å². The number of amides is 1. The topological polar surface area (TPSA) is 117 Å². The molecule has 0 spiro atoms. The van der Waals surface area contributed by atoms with Gasteiger partial charge >= 0.3 is 11.7 Å². The average molecular weight is 465 g/mol. The lowest BCUT2D eigenvalue weighted by atomic mass is 10.1. The van der Waals surface area contributed by atoms with E-state index in [9.17, 15) is 23.6 Å². The first-order chi connectivity index (χ1) is 16.3. The lowest BCUT2D eigenvalue weighted by Crippen LogP contribution is -2.37. The number of esters is 1. The van der Waals surface area contributed by atoms with Crippen molar-refractivity contribution < 1.29 is 18.7 Å². The minimum atomic E-state index is -1.30. The van der Waals surface area contributed by atoms with E-state index < -0.39 is 41.6 Å². The average Bonchev–Trinajstić information content (AvgIpc) is 3.25. The van der Waals surface area contributed by atoms with Gasteiger partial charge in [0.1, 0.15) is 12.4 Å². The Morgan fingerprint density at radius 1 is 1.03 bits per heavy atom. The van der Waals surface area contributed by atoms with E-state index in [-0.39, 0.29) is 11.2 Å². The molecule has 0 bridgehead atoms. The maximum Gasteiger partial charge on any atom is 0.332 e. The number of aromatic nitrogens is 4. The van der Waals surface area contributed by atoms with E-state index in [1.54, 1.807) is 30.3 Å². The van der Waals surface area contributed by atoms with E-state index in [4.69, 9.17) is 4.74 Å². The number of carbonyl (C=O) groups excluding carboxylic acids is 2. The lowest BCUT2D eigenvalue weighted by molar-refractivity contribution is -0.155. The Labute approximate surface area is 191 Å². The molecule has 0 aliphatic rings. The Morgan fingerprint density at radius 2 is 1.71 bits per heavy atom. The molecule has 174 valence electrons. The van der Waals surface area contributed by atoms with Crippen LogP contribution >= 0.6 is 0 Å². The number of nitrogens with one attached hydrogen (secondary N) is 1. The third-order valence-corrected chi connectivity index (χ3v) is 5.22. The van der Waals surface area contributed by atoms with Gasteiger partial charge < -0.3 is 14.6 Å². The van der Waals surface area contributed by atoms with Crippen LogP contribution in [0.5, 0.6) is 0 Å². The highest BCUT2D eigenvalue weighted by Gasteiger charge is 2.26. The summed E-state index contributed by atoms with van der Waals surface area (Å²) in [4.78, 5) is 54.5. The Bertz CT molecular complexity index is 1490. The molecule has 34 heavy (non-hydrogen) atoms. The number of rotatable bonds is 6. The van der Waals surface area contributed by atoms with Crippen LogP contribution in [0.25, 0.3) is 11.2 Å². The number of nitrogens with zero attached hydrogens (tertiary/aromatic N) is 4. The number of benzene rings is 2. The van der Waals surface area contributed by atoms with Gasteiger partial charge in [-0.05, 0) is 24.3 Å². The van der Waals surface area contributed by atoms with E-state index in [1.807, 2.05) is 0 Å². The van der Waals surface area contributed by atoms with Crippen LogP contribution < -0.4 is 16.6 Å². The number of carbonyl (C=O) groups is 2. The zero-order valence-electron chi connectivity index (χ0n) is 18.3. The van der Waals surface area contributed by atoms with E-state index in [0.717, 1.165) is 4.57 Å². The van der Waals surface area contributed by atoms with E-state index >= 15 is 0 Å². The third-order valence-electron chi connectivity index (χ3n) is 5.22. The molecule has 0 saturated heterocycles. The molecule has 0 saturated carbocycles. The third kappa shape index (κ3) is 4.35. The molecule has 2 heterocycles. The van der Waals surface area contributed by atoms with Crippen molar-refractivity contribution in [3.63, 3.8) is 0 Å². The number of halogens is 1. The van der Waals surface area contributed by atoms with Crippen molar-refractivity contribution in [1.82, 2.24) is 18.7 Å². The first-order valence-corrected chi connectivity index (χ1v) is 10.2. The van der Waals surface area contributed by atoms with Crippen molar-refractivity contribution in [2.75, 3.05) is 5.32 Å². The second-order valence-electron chi connectivity index (χ2n) is 7.53. The van der Waals surface area contributed by atoms with Gasteiger partial charge in [0.25, 0.3) is 11.5 Å². The van der Waals surface area contributed by atoms with Gasteiger partial charge in [-0.1, -0.05) is 30.3 Å². The molecular weight excluding hydrogens is 445 g/mol. The van der Waals surface area contributed by atoms with Crippen LogP contribution in [0, 0.1) is 5.82 Å². The SMILES string of the molecule is Cn1c(=O)c2c(ncn2CC(=O)OC(C(=O)Nc2ccc(F)cc2)c2ccccc2)n(C)c1=O. The second-order valence-corrected chi connectivity index (χ2v) is 7.53. The second kappa shape index (κ2) is 9.14. The molecule has 11 heteroatoms. The Kier molecular flexibility index (Phi) is 6.09. The number of ether oxygens (including phenoxy) is 1. The van der Waals surface area contributed by atoms with E-state index in [0.29, 0.717) is 11.3 Å². The van der Waals surface area contributed by atoms with Gasteiger partial charge in [-0.25, -0.2) is 14.2 Å². The molecule has 2 aromatic carbocycles. The Balaban J connectivity index is 1.60. The molecule has 4 rings (SSSR count). The zero-order chi connectivity index (χ0) is 24.4. The van der Waals surface area contributed by atoms with Crippen LogP contribution in [0.3, 0.4) is 0 Å². The summed E-state index contributed by atoms with van der Waals surface area (Å²) in [5.74, 6) is -1.90. The van der Waals surface area contributed by atoms with Crippen LogP contribution in [-0.4, -0.2) is 30.6 Å². The molecule has 1 N–H and O–H groups in total. The molecule has 1 unspecified atom stereocenters. The maximum atomic E-state index is 13.2. The van der Waals surface area contributed by atoms with Crippen molar-refractivity contribution in [3.8, 4) is 0 Å². The van der Waals surface area contributed by atoms with Gasteiger partial charge in [-0.15, -0.1) is 0 Å². The molecule has 1 atom stereocenters. The predicted octanol–water partition coefficient (Wildman–Crippen LogP) is 1.50. The molecule has 10 nitrogen and oxygen atoms in total. The fraction of sp³-hybridized carbons (Fsp3) is 0.174. The predicted molar refractivity (Wildman–Crippen MR) is 121 cm³/mol. The lowest BCUT2D eigenvalue weighted by Gasteiger charge is -2.18. The van der Waals surface area contributed by atoms with Crippen LogP contribution in [0.4, 0.5) is 10.1 Å². The van der Waals surface area contributed by atoms with Crippen LogP contribution in [0.2, 0.25) is 0 Å².